The fourth-order valence-corrected chi connectivity index (χ4v) is 2.81. The molecule has 0 saturated carbocycles. The summed E-state index contributed by atoms with van der Waals surface area (Å²) in [5.41, 5.74) is 1.69. The van der Waals surface area contributed by atoms with Crippen molar-refractivity contribution in [3.63, 3.8) is 0 Å². The largest absolute Gasteiger partial charge is 0.481 e. The molecular weight excluding hydrogens is 314 g/mol. The van der Waals surface area contributed by atoms with Gasteiger partial charge < -0.3 is 9.84 Å². The minimum Gasteiger partial charge on any atom is -0.481 e. The lowest BCUT2D eigenvalue weighted by atomic mass is 10.1. The average molecular weight is 328 g/mol. The molecule has 1 fully saturated rings. The molecule has 1 aliphatic heterocycles. The number of carbonyl (C=O) groups excluding carboxylic acids is 1. The van der Waals surface area contributed by atoms with Crippen molar-refractivity contribution in [1.82, 2.24) is 0 Å². The van der Waals surface area contributed by atoms with Crippen LogP contribution in [0.4, 0.5) is 10.5 Å². The molecule has 6 heteroatoms. The first kappa shape index (κ1) is 13.9. The van der Waals surface area contributed by atoms with Crippen LogP contribution in [0.2, 0.25) is 0 Å². The number of amides is 1. The van der Waals surface area contributed by atoms with E-state index in [0.29, 0.717) is 12.1 Å². The third-order valence-corrected chi connectivity index (χ3v) is 3.65. The van der Waals surface area contributed by atoms with Crippen LogP contribution in [0.15, 0.2) is 22.7 Å². The van der Waals surface area contributed by atoms with Crippen LogP contribution in [0, 0.1) is 6.92 Å². The zero-order valence-electron chi connectivity index (χ0n) is 10.4. The molecular formula is C13H14BrNO4. The Morgan fingerprint density at radius 2 is 2.32 bits per heavy atom. The summed E-state index contributed by atoms with van der Waals surface area (Å²) in [6, 6.07) is 5.17. The van der Waals surface area contributed by atoms with Crippen LogP contribution in [0.25, 0.3) is 0 Å². The Morgan fingerprint density at radius 1 is 1.58 bits per heavy atom. The van der Waals surface area contributed by atoms with E-state index in [1.165, 1.54) is 4.90 Å². The van der Waals surface area contributed by atoms with Gasteiger partial charge in [0.15, 0.2) is 0 Å². The molecule has 1 aliphatic rings. The van der Waals surface area contributed by atoms with Gasteiger partial charge in [0.25, 0.3) is 0 Å². The molecule has 1 heterocycles. The highest BCUT2D eigenvalue weighted by molar-refractivity contribution is 9.10. The summed E-state index contributed by atoms with van der Waals surface area (Å²) in [4.78, 5) is 24.2. The highest BCUT2D eigenvalue weighted by Crippen LogP contribution is 2.32. The zero-order chi connectivity index (χ0) is 14.0. The number of aryl methyl sites for hydroxylation is 1. The van der Waals surface area contributed by atoms with E-state index in [-0.39, 0.29) is 19.1 Å². The van der Waals surface area contributed by atoms with Gasteiger partial charge in [-0.3, -0.25) is 9.69 Å². The molecule has 2 rings (SSSR count). The van der Waals surface area contributed by atoms with E-state index >= 15 is 0 Å². The Kier molecular flexibility index (Phi) is 4.09. The quantitative estimate of drug-likeness (QED) is 0.926. The SMILES string of the molecule is Cc1ccc(N2C(=O)OCCC2CC(=O)O)c(Br)c1. The van der Waals surface area contributed by atoms with Crippen LogP contribution in [0.5, 0.6) is 0 Å². The van der Waals surface area contributed by atoms with Crippen molar-refractivity contribution in [3.05, 3.63) is 28.2 Å². The Labute approximate surface area is 119 Å². The highest BCUT2D eigenvalue weighted by Gasteiger charge is 2.33. The van der Waals surface area contributed by atoms with Gasteiger partial charge in [0, 0.05) is 10.9 Å². The Hall–Kier alpha value is -1.56. The van der Waals surface area contributed by atoms with Gasteiger partial charge in [-0.2, -0.15) is 0 Å². The van der Waals surface area contributed by atoms with Gasteiger partial charge in [0.1, 0.15) is 0 Å². The summed E-state index contributed by atoms with van der Waals surface area (Å²) in [5.74, 6) is -0.923. The van der Waals surface area contributed by atoms with Crippen LogP contribution < -0.4 is 4.90 Å². The third kappa shape index (κ3) is 3.07. The molecule has 5 nitrogen and oxygen atoms in total. The molecule has 0 aromatic heterocycles. The molecule has 19 heavy (non-hydrogen) atoms. The second-order valence-corrected chi connectivity index (χ2v) is 5.33. The first-order valence-electron chi connectivity index (χ1n) is 5.93. The number of rotatable bonds is 3. The molecule has 1 aromatic carbocycles. The molecule has 1 N–H and O–H groups in total. The maximum Gasteiger partial charge on any atom is 0.414 e. The molecule has 1 atom stereocenters. The van der Waals surface area contributed by atoms with Crippen molar-refractivity contribution in [3.8, 4) is 0 Å². The van der Waals surface area contributed by atoms with Crippen LogP contribution >= 0.6 is 15.9 Å². The van der Waals surface area contributed by atoms with E-state index in [9.17, 15) is 9.59 Å². The number of anilines is 1. The number of aliphatic carboxylic acids is 1. The molecule has 1 unspecified atom stereocenters. The summed E-state index contributed by atoms with van der Waals surface area (Å²) >= 11 is 3.41. The zero-order valence-corrected chi connectivity index (χ0v) is 12.0. The third-order valence-electron chi connectivity index (χ3n) is 3.01. The van der Waals surface area contributed by atoms with Gasteiger partial charge in [0.2, 0.25) is 0 Å². The van der Waals surface area contributed by atoms with Crippen LogP contribution in [0.1, 0.15) is 18.4 Å². The number of hydrogen-bond donors (Lipinski definition) is 1. The lowest BCUT2D eigenvalue weighted by Crippen LogP contribution is -2.47. The van der Waals surface area contributed by atoms with Crippen molar-refractivity contribution in [2.24, 2.45) is 0 Å². The summed E-state index contributed by atoms with van der Waals surface area (Å²) in [6.07, 6.45) is -0.0737. The second kappa shape index (κ2) is 5.61. The highest BCUT2D eigenvalue weighted by atomic mass is 79.9. The van der Waals surface area contributed by atoms with E-state index < -0.39 is 12.1 Å². The molecule has 1 aromatic rings. The number of carboxylic acid groups (broad SMARTS) is 1. The number of benzene rings is 1. The maximum absolute atomic E-state index is 11.9. The summed E-state index contributed by atoms with van der Waals surface area (Å²) in [6.45, 7) is 2.20. The van der Waals surface area contributed by atoms with Gasteiger partial charge in [-0.15, -0.1) is 0 Å². The minimum absolute atomic E-state index is 0.0879. The van der Waals surface area contributed by atoms with Gasteiger partial charge in [0.05, 0.1) is 24.8 Å². The molecule has 0 bridgehead atoms. The topological polar surface area (TPSA) is 66.8 Å². The van der Waals surface area contributed by atoms with Crippen LogP contribution in [-0.2, 0) is 9.53 Å². The van der Waals surface area contributed by atoms with E-state index in [4.69, 9.17) is 9.84 Å². The molecule has 1 saturated heterocycles. The minimum atomic E-state index is -0.923. The Morgan fingerprint density at radius 3 is 2.95 bits per heavy atom. The number of ether oxygens (including phenoxy) is 1. The van der Waals surface area contributed by atoms with Gasteiger partial charge in [-0.05, 0) is 40.5 Å². The molecule has 0 spiro atoms. The van der Waals surface area contributed by atoms with E-state index in [1.807, 2.05) is 19.1 Å². The molecule has 102 valence electrons. The van der Waals surface area contributed by atoms with E-state index in [1.54, 1.807) is 6.07 Å². The lowest BCUT2D eigenvalue weighted by molar-refractivity contribution is -0.137. The Bertz CT molecular complexity index is 517. The number of hydrogen-bond acceptors (Lipinski definition) is 3. The van der Waals surface area contributed by atoms with Crippen molar-refractivity contribution in [2.45, 2.75) is 25.8 Å². The van der Waals surface area contributed by atoms with E-state index in [0.717, 1.165) is 10.0 Å². The maximum atomic E-state index is 11.9. The lowest BCUT2D eigenvalue weighted by Gasteiger charge is -2.34. The number of carbonyl (C=O) groups is 2. The predicted molar refractivity (Wildman–Crippen MR) is 73.4 cm³/mol. The van der Waals surface area contributed by atoms with Crippen LogP contribution in [-0.4, -0.2) is 29.8 Å². The monoisotopic (exact) mass is 327 g/mol. The van der Waals surface area contributed by atoms with Gasteiger partial charge >= 0.3 is 12.1 Å². The van der Waals surface area contributed by atoms with Gasteiger partial charge in [-0.1, -0.05) is 6.07 Å². The van der Waals surface area contributed by atoms with E-state index in [2.05, 4.69) is 15.9 Å². The fraction of sp³-hybridized carbons (Fsp3) is 0.385. The van der Waals surface area contributed by atoms with Crippen molar-refractivity contribution in [2.75, 3.05) is 11.5 Å². The van der Waals surface area contributed by atoms with Crippen LogP contribution in [0.3, 0.4) is 0 Å². The molecule has 0 radical (unpaired) electrons. The summed E-state index contributed by atoms with van der Waals surface area (Å²) in [7, 11) is 0. The number of carboxylic acids is 1. The number of cyclic esters (lactones) is 1. The average Bonchev–Trinajstić information content (AvgIpc) is 2.30. The van der Waals surface area contributed by atoms with Crippen molar-refractivity contribution < 1.29 is 19.4 Å². The van der Waals surface area contributed by atoms with Crippen molar-refractivity contribution >= 4 is 33.7 Å². The number of halogens is 1. The fourth-order valence-electron chi connectivity index (χ4n) is 2.13. The predicted octanol–water partition coefficient (Wildman–Crippen LogP) is 2.95. The smallest absolute Gasteiger partial charge is 0.414 e. The Balaban J connectivity index is 2.35. The molecule has 0 aliphatic carbocycles. The van der Waals surface area contributed by atoms with Crippen molar-refractivity contribution in [1.29, 1.82) is 0 Å². The summed E-state index contributed by atoms with van der Waals surface area (Å²) < 4.78 is 5.77. The standard InChI is InChI=1S/C13H14BrNO4/c1-8-2-3-11(10(14)6-8)15-9(7-12(16)17)4-5-19-13(15)18/h2-3,6,9H,4-5,7H2,1H3,(H,16,17). The second-order valence-electron chi connectivity index (χ2n) is 4.48. The summed E-state index contributed by atoms with van der Waals surface area (Å²) in [5, 5.41) is 8.94. The normalized spacial score (nSPS) is 19.2. The first-order valence-corrected chi connectivity index (χ1v) is 6.72. The first-order chi connectivity index (χ1) is 8.99. The number of nitrogens with zero attached hydrogens (tertiary/aromatic N) is 1. The van der Waals surface area contributed by atoms with Gasteiger partial charge in [-0.25, -0.2) is 4.79 Å². The molecule has 1 amide bonds.